The summed E-state index contributed by atoms with van der Waals surface area (Å²) in [5, 5.41) is 3.30. The van der Waals surface area contributed by atoms with E-state index in [1.54, 1.807) is 0 Å². The van der Waals surface area contributed by atoms with Crippen LogP contribution in [0.5, 0.6) is 0 Å². The van der Waals surface area contributed by atoms with Crippen LogP contribution in [0.25, 0.3) is 17.0 Å². The summed E-state index contributed by atoms with van der Waals surface area (Å²) in [5.41, 5.74) is 3.50. The van der Waals surface area contributed by atoms with Gasteiger partial charge in [0.2, 0.25) is 0 Å². The van der Waals surface area contributed by atoms with Gasteiger partial charge in [0.05, 0.1) is 12.4 Å². The lowest BCUT2D eigenvalue weighted by Crippen LogP contribution is -2.19. The standard InChI is InChI=1S/C15H14FN3/c16-14-9-18-15(19-10-14)13-3-1-11(2-4-13)12-5-7-17-8-6-12/h1-5,9-10,17H,6-8H2. The molecule has 0 atom stereocenters. The zero-order valence-corrected chi connectivity index (χ0v) is 10.4. The van der Waals surface area contributed by atoms with Crippen molar-refractivity contribution in [2.75, 3.05) is 13.1 Å². The van der Waals surface area contributed by atoms with E-state index in [0.29, 0.717) is 5.82 Å². The van der Waals surface area contributed by atoms with Crippen LogP contribution in [0.2, 0.25) is 0 Å². The van der Waals surface area contributed by atoms with Gasteiger partial charge in [0.15, 0.2) is 11.6 Å². The second-order valence-electron chi connectivity index (χ2n) is 4.49. The fourth-order valence-electron chi connectivity index (χ4n) is 2.18. The monoisotopic (exact) mass is 255 g/mol. The number of nitrogens with zero attached hydrogens (tertiary/aromatic N) is 2. The summed E-state index contributed by atoms with van der Waals surface area (Å²) in [6.45, 7) is 1.95. The molecule has 3 nitrogen and oxygen atoms in total. The third-order valence-electron chi connectivity index (χ3n) is 3.20. The van der Waals surface area contributed by atoms with Crippen LogP contribution in [-0.2, 0) is 0 Å². The van der Waals surface area contributed by atoms with Crippen molar-refractivity contribution in [2.45, 2.75) is 6.42 Å². The minimum absolute atomic E-state index is 0.416. The molecule has 2 aromatic rings. The number of rotatable bonds is 2. The fraction of sp³-hybridized carbons (Fsp3) is 0.200. The highest BCUT2D eigenvalue weighted by atomic mass is 19.1. The Labute approximate surface area is 111 Å². The molecule has 19 heavy (non-hydrogen) atoms. The molecular formula is C15H14FN3. The van der Waals surface area contributed by atoms with Crippen molar-refractivity contribution in [3.05, 3.63) is 54.1 Å². The molecule has 1 aliphatic heterocycles. The molecule has 0 spiro atoms. The summed E-state index contributed by atoms with van der Waals surface area (Å²) in [6, 6.07) is 8.09. The van der Waals surface area contributed by atoms with Crippen LogP contribution in [0.15, 0.2) is 42.7 Å². The summed E-state index contributed by atoms with van der Waals surface area (Å²) in [4.78, 5) is 7.96. The van der Waals surface area contributed by atoms with Gasteiger partial charge in [-0.25, -0.2) is 14.4 Å². The zero-order valence-electron chi connectivity index (χ0n) is 10.4. The van der Waals surface area contributed by atoms with Gasteiger partial charge >= 0.3 is 0 Å². The quantitative estimate of drug-likeness (QED) is 0.896. The van der Waals surface area contributed by atoms with E-state index in [4.69, 9.17) is 0 Å². The summed E-state index contributed by atoms with van der Waals surface area (Å²) in [6.07, 6.45) is 5.64. The summed E-state index contributed by atoms with van der Waals surface area (Å²) >= 11 is 0. The van der Waals surface area contributed by atoms with Crippen molar-refractivity contribution in [3.63, 3.8) is 0 Å². The Morgan fingerprint density at radius 3 is 2.32 bits per heavy atom. The first-order chi connectivity index (χ1) is 9.33. The molecule has 3 rings (SSSR count). The normalized spacial score (nSPS) is 15.1. The first-order valence-electron chi connectivity index (χ1n) is 6.31. The molecular weight excluding hydrogens is 241 g/mol. The maximum Gasteiger partial charge on any atom is 0.159 e. The molecule has 1 N–H and O–H groups in total. The molecule has 0 saturated carbocycles. The number of halogens is 1. The number of hydrogen-bond donors (Lipinski definition) is 1. The average molecular weight is 255 g/mol. The van der Waals surface area contributed by atoms with Crippen molar-refractivity contribution >= 4 is 5.57 Å². The zero-order chi connectivity index (χ0) is 13.1. The largest absolute Gasteiger partial charge is 0.313 e. The van der Waals surface area contributed by atoms with Crippen LogP contribution in [-0.4, -0.2) is 23.1 Å². The van der Waals surface area contributed by atoms with Crippen molar-refractivity contribution in [1.29, 1.82) is 0 Å². The summed E-state index contributed by atoms with van der Waals surface area (Å²) < 4.78 is 12.8. The van der Waals surface area contributed by atoms with Crippen molar-refractivity contribution in [1.82, 2.24) is 15.3 Å². The molecule has 0 unspecified atom stereocenters. The van der Waals surface area contributed by atoms with E-state index in [9.17, 15) is 4.39 Å². The van der Waals surface area contributed by atoms with Crippen molar-refractivity contribution < 1.29 is 4.39 Å². The minimum Gasteiger partial charge on any atom is -0.313 e. The van der Waals surface area contributed by atoms with Crippen LogP contribution < -0.4 is 5.32 Å². The van der Waals surface area contributed by atoms with Crippen LogP contribution in [0.1, 0.15) is 12.0 Å². The van der Waals surface area contributed by atoms with E-state index in [1.807, 2.05) is 12.1 Å². The first-order valence-corrected chi connectivity index (χ1v) is 6.31. The fourth-order valence-corrected chi connectivity index (χ4v) is 2.18. The Hall–Kier alpha value is -2.07. The Bertz CT molecular complexity index is 588. The summed E-state index contributed by atoms with van der Waals surface area (Å²) in [5.74, 6) is 0.132. The van der Waals surface area contributed by atoms with Crippen molar-refractivity contribution in [3.8, 4) is 11.4 Å². The molecule has 4 heteroatoms. The lowest BCUT2D eigenvalue weighted by Gasteiger charge is -2.14. The molecule has 1 aliphatic rings. The lowest BCUT2D eigenvalue weighted by molar-refractivity contribution is 0.614. The van der Waals surface area contributed by atoms with Gasteiger partial charge < -0.3 is 5.32 Å². The second-order valence-corrected chi connectivity index (χ2v) is 4.49. The van der Waals surface area contributed by atoms with Gasteiger partial charge in [-0.2, -0.15) is 0 Å². The van der Waals surface area contributed by atoms with Crippen LogP contribution >= 0.6 is 0 Å². The molecule has 1 aromatic heterocycles. The Kier molecular flexibility index (Phi) is 3.33. The van der Waals surface area contributed by atoms with Crippen LogP contribution in [0.4, 0.5) is 4.39 Å². The average Bonchev–Trinajstić information content (AvgIpc) is 2.49. The SMILES string of the molecule is Fc1cnc(-c2ccc(C3=CCNCC3)cc2)nc1. The highest BCUT2D eigenvalue weighted by molar-refractivity contribution is 5.69. The molecule has 0 fully saturated rings. The number of benzene rings is 1. The van der Waals surface area contributed by atoms with Gasteiger partial charge in [-0.3, -0.25) is 0 Å². The van der Waals surface area contributed by atoms with Gasteiger partial charge in [0.1, 0.15) is 0 Å². The highest BCUT2D eigenvalue weighted by Gasteiger charge is 2.07. The summed E-state index contributed by atoms with van der Waals surface area (Å²) in [7, 11) is 0. The van der Waals surface area contributed by atoms with E-state index < -0.39 is 5.82 Å². The predicted octanol–water partition coefficient (Wildman–Crippen LogP) is 2.66. The number of hydrogen-bond acceptors (Lipinski definition) is 3. The molecule has 0 radical (unpaired) electrons. The minimum atomic E-state index is -0.416. The Balaban J connectivity index is 1.86. The smallest absolute Gasteiger partial charge is 0.159 e. The van der Waals surface area contributed by atoms with E-state index in [-0.39, 0.29) is 0 Å². The molecule has 0 saturated heterocycles. The lowest BCUT2D eigenvalue weighted by atomic mass is 9.99. The van der Waals surface area contributed by atoms with Gasteiger partial charge in [0.25, 0.3) is 0 Å². The number of aromatic nitrogens is 2. The van der Waals surface area contributed by atoms with Crippen molar-refractivity contribution in [2.24, 2.45) is 0 Å². The molecule has 0 aliphatic carbocycles. The van der Waals surface area contributed by atoms with E-state index in [1.165, 1.54) is 23.5 Å². The topological polar surface area (TPSA) is 37.8 Å². The van der Waals surface area contributed by atoms with Gasteiger partial charge in [-0.1, -0.05) is 30.3 Å². The predicted molar refractivity (Wildman–Crippen MR) is 72.9 cm³/mol. The maximum absolute atomic E-state index is 12.8. The highest BCUT2D eigenvalue weighted by Crippen LogP contribution is 2.22. The van der Waals surface area contributed by atoms with E-state index in [0.717, 1.165) is 25.1 Å². The Morgan fingerprint density at radius 2 is 1.68 bits per heavy atom. The van der Waals surface area contributed by atoms with Crippen LogP contribution in [0.3, 0.4) is 0 Å². The third-order valence-corrected chi connectivity index (χ3v) is 3.20. The van der Waals surface area contributed by atoms with E-state index >= 15 is 0 Å². The van der Waals surface area contributed by atoms with Crippen LogP contribution in [0, 0.1) is 5.82 Å². The first kappa shape index (κ1) is 12.0. The number of nitrogens with one attached hydrogen (secondary N) is 1. The molecule has 0 bridgehead atoms. The van der Waals surface area contributed by atoms with E-state index in [2.05, 4.69) is 33.5 Å². The Morgan fingerprint density at radius 1 is 1.00 bits per heavy atom. The molecule has 1 aromatic carbocycles. The van der Waals surface area contributed by atoms with Gasteiger partial charge in [-0.15, -0.1) is 0 Å². The maximum atomic E-state index is 12.8. The van der Waals surface area contributed by atoms with Gasteiger partial charge in [0, 0.05) is 12.1 Å². The van der Waals surface area contributed by atoms with Gasteiger partial charge in [-0.05, 0) is 24.1 Å². The molecule has 0 amide bonds. The molecule has 2 heterocycles. The second kappa shape index (κ2) is 5.28. The molecule has 96 valence electrons. The third kappa shape index (κ3) is 2.69.